The molecule has 0 radical (unpaired) electrons. The summed E-state index contributed by atoms with van der Waals surface area (Å²) in [4.78, 5) is 95.4. The van der Waals surface area contributed by atoms with Crippen LogP contribution in [0, 0.1) is 5.92 Å². The zero-order valence-electron chi connectivity index (χ0n) is 22.5. The lowest BCUT2D eigenvalue weighted by Crippen LogP contribution is -2.58. The molecule has 0 aromatic rings. The van der Waals surface area contributed by atoms with Crippen LogP contribution < -0.4 is 32.7 Å². The summed E-state index contributed by atoms with van der Waals surface area (Å²) in [5.41, 5.74) is 10.7. The van der Waals surface area contributed by atoms with Crippen molar-refractivity contribution in [2.45, 2.75) is 89.5 Å². The quantitative estimate of drug-likeness (QED) is 0.0746. The van der Waals surface area contributed by atoms with E-state index in [1.807, 2.05) is 0 Å². The Morgan fingerprint density at radius 1 is 0.650 bits per heavy atom. The summed E-state index contributed by atoms with van der Waals surface area (Å²) >= 11 is 0. The number of amides is 5. The van der Waals surface area contributed by atoms with Gasteiger partial charge in [0.15, 0.2) is 0 Å². The number of nitrogens with two attached hydrogens (primary N) is 2. The third-order valence-corrected chi connectivity index (χ3v) is 5.40. The predicted octanol–water partition coefficient (Wildman–Crippen LogP) is -2.99. The molecule has 0 aliphatic carbocycles. The van der Waals surface area contributed by atoms with Gasteiger partial charge in [0.2, 0.25) is 29.5 Å². The number of carboxylic acid groups (broad SMARTS) is 3. The number of nitrogens with one attached hydrogen (secondary N) is 4. The van der Waals surface area contributed by atoms with Crippen molar-refractivity contribution in [1.29, 1.82) is 0 Å². The molecule has 5 amide bonds. The maximum atomic E-state index is 13.0. The maximum Gasteiger partial charge on any atom is 0.325 e. The molecule has 0 aliphatic rings. The molecule has 0 rings (SSSR count). The van der Waals surface area contributed by atoms with Crippen molar-refractivity contribution >= 4 is 47.4 Å². The maximum absolute atomic E-state index is 13.0. The number of carbonyl (C=O) groups is 8. The molecule has 0 bridgehead atoms. The highest BCUT2D eigenvalue weighted by Crippen LogP contribution is 2.08. The van der Waals surface area contributed by atoms with Crippen LogP contribution in [0.2, 0.25) is 0 Å². The molecular weight excluding hydrogens is 536 g/mol. The van der Waals surface area contributed by atoms with E-state index < -0.39 is 96.9 Å². The summed E-state index contributed by atoms with van der Waals surface area (Å²) in [5, 5.41) is 36.2. The normalized spacial score (nSPS) is 14.5. The molecule has 0 saturated heterocycles. The molecule has 17 nitrogen and oxygen atoms in total. The van der Waals surface area contributed by atoms with Crippen molar-refractivity contribution in [1.82, 2.24) is 21.3 Å². The van der Waals surface area contributed by atoms with Crippen LogP contribution in [0.1, 0.15) is 59.3 Å². The minimum Gasteiger partial charge on any atom is -0.481 e. The van der Waals surface area contributed by atoms with Crippen LogP contribution in [0.25, 0.3) is 0 Å². The Bertz CT molecular complexity index is 971. The Kier molecular flexibility index (Phi) is 15.5. The predicted molar refractivity (Wildman–Crippen MR) is 136 cm³/mol. The third-order valence-electron chi connectivity index (χ3n) is 5.40. The van der Waals surface area contributed by atoms with Gasteiger partial charge in [-0.25, -0.2) is 0 Å². The number of rotatable bonds is 19. The fourth-order valence-corrected chi connectivity index (χ4v) is 3.25. The number of carbonyl (C=O) groups excluding carboxylic acids is 5. The molecule has 0 aliphatic heterocycles. The van der Waals surface area contributed by atoms with E-state index >= 15 is 0 Å². The zero-order chi connectivity index (χ0) is 31.2. The Labute approximate surface area is 229 Å². The summed E-state index contributed by atoms with van der Waals surface area (Å²) in [6.45, 7) is 4.63. The molecule has 5 atom stereocenters. The number of hydrogen-bond acceptors (Lipinski definition) is 9. The van der Waals surface area contributed by atoms with Crippen LogP contribution in [0.3, 0.4) is 0 Å². The molecule has 11 N–H and O–H groups in total. The van der Waals surface area contributed by atoms with Crippen LogP contribution in [0.5, 0.6) is 0 Å². The smallest absolute Gasteiger partial charge is 0.325 e. The Hall–Kier alpha value is -4.28. The summed E-state index contributed by atoms with van der Waals surface area (Å²) in [7, 11) is 0. The summed E-state index contributed by atoms with van der Waals surface area (Å²) in [5.74, 6) is -9.04. The van der Waals surface area contributed by atoms with Crippen LogP contribution >= 0.6 is 0 Å². The van der Waals surface area contributed by atoms with Crippen molar-refractivity contribution in [2.75, 3.05) is 0 Å². The van der Waals surface area contributed by atoms with E-state index in [0.29, 0.717) is 0 Å². The second-order valence-electron chi connectivity index (χ2n) is 9.52. The molecule has 0 unspecified atom stereocenters. The van der Waals surface area contributed by atoms with Gasteiger partial charge in [0.1, 0.15) is 24.2 Å². The van der Waals surface area contributed by atoms with E-state index in [4.69, 9.17) is 21.7 Å². The van der Waals surface area contributed by atoms with Gasteiger partial charge in [-0.2, -0.15) is 0 Å². The van der Waals surface area contributed by atoms with Gasteiger partial charge in [-0.05, 0) is 32.1 Å². The monoisotopic (exact) mass is 574 g/mol. The van der Waals surface area contributed by atoms with Crippen molar-refractivity contribution in [2.24, 2.45) is 17.4 Å². The van der Waals surface area contributed by atoms with Gasteiger partial charge in [-0.3, -0.25) is 38.4 Å². The number of carboxylic acids is 3. The number of hydrogen-bond donors (Lipinski definition) is 9. The van der Waals surface area contributed by atoms with Gasteiger partial charge in [-0.15, -0.1) is 0 Å². The van der Waals surface area contributed by atoms with Crippen LogP contribution in [-0.4, -0.2) is 93.0 Å². The molecular formula is C23H38N6O11. The summed E-state index contributed by atoms with van der Waals surface area (Å²) < 4.78 is 0. The Morgan fingerprint density at radius 2 is 1.15 bits per heavy atom. The van der Waals surface area contributed by atoms with Gasteiger partial charge in [0.05, 0.1) is 12.5 Å². The summed E-state index contributed by atoms with van der Waals surface area (Å²) in [6, 6.07) is -7.18. The van der Waals surface area contributed by atoms with Gasteiger partial charge in [0, 0.05) is 12.8 Å². The fourth-order valence-electron chi connectivity index (χ4n) is 3.25. The number of primary amides is 1. The third kappa shape index (κ3) is 14.6. The molecule has 226 valence electrons. The molecule has 0 heterocycles. The van der Waals surface area contributed by atoms with E-state index in [2.05, 4.69) is 21.3 Å². The van der Waals surface area contributed by atoms with Crippen molar-refractivity contribution < 1.29 is 53.7 Å². The molecule has 0 aromatic carbocycles. The van der Waals surface area contributed by atoms with E-state index in [1.165, 1.54) is 6.92 Å². The van der Waals surface area contributed by atoms with E-state index in [-0.39, 0.29) is 25.2 Å². The Balaban J connectivity index is 5.80. The van der Waals surface area contributed by atoms with Gasteiger partial charge >= 0.3 is 17.9 Å². The first kappa shape index (κ1) is 35.7. The first-order valence-corrected chi connectivity index (χ1v) is 12.4. The molecule has 17 heteroatoms. The highest BCUT2D eigenvalue weighted by Gasteiger charge is 2.32. The fraction of sp³-hybridized carbons (Fsp3) is 0.652. The van der Waals surface area contributed by atoms with Crippen molar-refractivity contribution in [3.05, 3.63) is 0 Å². The van der Waals surface area contributed by atoms with Gasteiger partial charge in [0.25, 0.3) is 0 Å². The molecule has 0 aromatic heterocycles. The minimum absolute atomic E-state index is 0.0398. The highest BCUT2D eigenvalue weighted by molar-refractivity contribution is 5.97. The molecule has 0 saturated carbocycles. The van der Waals surface area contributed by atoms with Gasteiger partial charge in [-0.1, -0.05) is 13.8 Å². The highest BCUT2D eigenvalue weighted by atomic mass is 16.4. The van der Waals surface area contributed by atoms with Crippen LogP contribution in [0.4, 0.5) is 0 Å². The van der Waals surface area contributed by atoms with Crippen molar-refractivity contribution in [3.8, 4) is 0 Å². The first-order valence-electron chi connectivity index (χ1n) is 12.4. The van der Waals surface area contributed by atoms with Crippen LogP contribution in [0.15, 0.2) is 0 Å². The summed E-state index contributed by atoms with van der Waals surface area (Å²) in [6.07, 6.45) is -2.36. The minimum atomic E-state index is -1.77. The first-order chi connectivity index (χ1) is 18.4. The standard InChI is InChI=1S/C23H38N6O11/c1-10(2)8-14(21(37)26-11(3)23(39)40)28-22(38)15(9-18(33)34)29-20(36)13(5-7-17(31)32)27-19(35)12(24)4-6-16(25)30/h10-15H,4-9,24H2,1-3H3,(H2,25,30)(H,26,37)(H,27,35)(H,28,38)(H,29,36)(H,31,32)(H,33,34)(H,39,40)/t11-,12-,13-,14-,15-/m0/s1. The average Bonchev–Trinajstić information content (AvgIpc) is 2.82. The second-order valence-corrected chi connectivity index (χ2v) is 9.52. The average molecular weight is 575 g/mol. The van der Waals surface area contributed by atoms with E-state index in [0.717, 1.165) is 0 Å². The largest absolute Gasteiger partial charge is 0.481 e. The molecule has 0 fully saturated rings. The lowest BCUT2D eigenvalue weighted by molar-refractivity contribution is -0.143. The zero-order valence-corrected chi connectivity index (χ0v) is 22.5. The van der Waals surface area contributed by atoms with E-state index in [1.54, 1.807) is 13.8 Å². The lowest BCUT2D eigenvalue weighted by atomic mass is 10.0. The topological polar surface area (TPSA) is 297 Å². The molecule has 40 heavy (non-hydrogen) atoms. The second kappa shape index (κ2) is 17.3. The number of aliphatic carboxylic acids is 3. The van der Waals surface area contributed by atoms with Crippen LogP contribution in [-0.2, 0) is 38.4 Å². The molecule has 0 spiro atoms. The van der Waals surface area contributed by atoms with Crippen molar-refractivity contribution in [3.63, 3.8) is 0 Å². The van der Waals surface area contributed by atoms with E-state index in [9.17, 15) is 43.5 Å². The van der Waals surface area contributed by atoms with Gasteiger partial charge < -0.3 is 48.1 Å². The lowest BCUT2D eigenvalue weighted by Gasteiger charge is -2.26. The Morgan fingerprint density at radius 3 is 1.62 bits per heavy atom. The SMILES string of the molecule is CC(C)C[C@H](NC(=O)[C@H](CC(=O)O)NC(=O)[C@H](CCC(=O)O)NC(=O)[C@@H](N)CCC(N)=O)C(=O)N[C@@H](C)C(=O)O.